The van der Waals surface area contributed by atoms with Gasteiger partial charge in [0, 0.05) is 6.54 Å². The summed E-state index contributed by atoms with van der Waals surface area (Å²) in [5, 5.41) is 24.0. The first-order valence-corrected chi connectivity index (χ1v) is 20.9. The molecule has 0 rings (SSSR count). The highest BCUT2D eigenvalue weighted by Crippen LogP contribution is 2.43. The molecule has 0 saturated heterocycles. The van der Waals surface area contributed by atoms with Crippen LogP contribution in [0.3, 0.4) is 0 Å². The van der Waals surface area contributed by atoms with E-state index >= 15 is 0 Å². The summed E-state index contributed by atoms with van der Waals surface area (Å²) in [5.41, 5.74) is 5.35. The van der Waals surface area contributed by atoms with Crippen LogP contribution in [-0.2, 0) is 18.4 Å². The second-order valence-corrected chi connectivity index (χ2v) is 14.8. The number of amides is 1. The third-order valence-corrected chi connectivity index (χ3v) is 9.66. The Balaban J connectivity index is 4.37. The van der Waals surface area contributed by atoms with Gasteiger partial charge in [-0.25, -0.2) is 4.57 Å². The molecule has 47 heavy (non-hydrogen) atoms. The van der Waals surface area contributed by atoms with Gasteiger partial charge in [0.1, 0.15) is 0 Å². The molecule has 280 valence electrons. The Morgan fingerprint density at radius 2 is 1.15 bits per heavy atom. The van der Waals surface area contributed by atoms with Crippen LogP contribution in [0, 0.1) is 0 Å². The maximum atomic E-state index is 12.8. The molecule has 4 atom stereocenters. The molecule has 0 radical (unpaired) electrons. The van der Waals surface area contributed by atoms with Crippen molar-refractivity contribution in [3.63, 3.8) is 0 Å². The monoisotopic (exact) mass is 691 g/mol. The fourth-order valence-corrected chi connectivity index (χ4v) is 6.46. The van der Waals surface area contributed by atoms with Gasteiger partial charge in [-0.05, 0) is 38.5 Å². The zero-order chi connectivity index (χ0) is 34.9. The summed E-state index contributed by atoms with van der Waals surface area (Å²) < 4.78 is 22.0. The molecule has 0 spiro atoms. The van der Waals surface area contributed by atoms with E-state index in [2.05, 4.69) is 31.3 Å². The van der Waals surface area contributed by atoms with Gasteiger partial charge >= 0.3 is 7.82 Å². The van der Waals surface area contributed by atoms with E-state index in [0.29, 0.717) is 12.8 Å². The Hall–Kier alpha value is -0.800. The van der Waals surface area contributed by atoms with E-state index in [0.717, 1.165) is 44.9 Å². The van der Waals surface area contributed by atoms with Crippen LogP contribution < -0.4 is 11.1 Å². The van der Waals surface area contributed by atoms with Crippen LogP contribution in [0.1, 0.15) is 181 Å². The predicted octanol–water partition coefficient (Wildman–Crippen LogP) is 9.02. The molecule has 0 saturated carbocycles. The van der Waals surface area contributed by atoms with E-state index in [4.69, 9.17) is 14.8 Å². The number of aliphatic hydroxyl groups is 2. The summed E-state index contributed by atoms with van der Waals surface area (Å²) in [6, 6.07) is -0.894. The summed E-state index contributed by atoms with van der Waals surface area (Å²) in [7, 11) is -4.37. The molecule has 0 aliphatic heterocycles. The molecule has 0 aromatic heterocycles. The van der Waals surface area contributed by atoms with E-state index in [1.807, 2.05) is 0 Å². The lowest BCUT2D eigenvalue weighted by molar-refractivity contribution is -0.125. The minimum absolute atomic E-state index is 0.0597. The molecule has 0 aromatic rings. The van der Waals surface area contributed by atoms with Gasteiger partial charge in [0.25, 0.3) is 0 Å². The molecule has 10 heteroatoms. The summed E-state index contributed by atoms with van der Waals surface area (Å²) in [5.74, 6) is -0.419. The molecular formula is C37H75N2O7P. The van der Waals surface area contributed by atoms with E-state index in [1.165, 1.54) is 103 Å². The van der Waals surface area contributed by atoms with Crippen molar-refractivity contribution in [1.82, 2.24) is 5.32 Å². The lowest BCUT2D eigenvalue weighted by Crippen LogP contribution is -2.47. The number of allylic oxidation sites excluding steroid dienone is 2. The van der Waals surface area contributed by atoms with Gasteiger partial charge in [0.05, 0.1) is 37.9 Å². The molecule has 0 bridgehead atoms. The number of hydrogen-bond donors (Lipinski definition) is 5. The molecule has 4 unspecified atom stereocenters. The van der Waals surface area contributed by atoms with Crippen LogP contribution in [0.4, 0.5) is 0 Å². The Labute approximate surface area is 288 Å². The Bertz CT molecular complexity index is 771. The summed E-state index contributed by atoms with van der Waals surface area (Å²) >= 11 is 0. The standard InChI is InChI=1S/C37H75N2O7P/c1-3-5-7-9-11-13-15-17-18-20-22-24-26-28-34(40)32-37(42)39-35(33-46-47(43,44)45-31-30-38)36(41)29-27-25-23-21-19-16-14-12-10-8-6-4-2/h13,15,34-36,40-41H,3-12,14,16-33,38H2,1-2H3,(H,39,42)(H,43,44)/b15-13-. The number of carbonyl (C=O) groups is 1. The average Bonchev–Trinajstić information content (AvgIpc) is 3.04. The van der Waals surface area contributed by atoms with Crippen molar-refractivity contribution in [3.8, 4) is 0 Å². The Morgan fingerprint density at radius 1 is 0.702 bits per heavy atom. The largest absolute Gasteiger partial charge is 0.472 e. The second kappa shape index (κ2) is 33.7. The SMILES string of the molecule is CCCCCC/C=C\CCCCCCCC(O)CC(=O)NC(COP(=O)(O)OCCN)C(O)CCCCCCCCCCCCCC. The van der Waals surface area contributed by atoms with Crippen LogP contribution >= 0.6 is 7.82 Å². The predicted molar refractivity (Wildman–Crippen MR) is 195 cm³/mol. The van der Waals surface area contributed by atoms with Gasteiger partial charge in [-0.1, -0.05) is 148 Å². The number of nitrogens with one attached hydrogen (secondary N) is 1. The Kier molecular flexibility index (Phi) is 33.1. The maximum absolute atomic E-state index is 12.8. The third-order valence-electron chi connectivity index (χ3n) is 8.67. The lowest BCUT2D eigenvalue weighted by Gasteiger charge is -2.25. The van der Waals surface area contributed by atoms with Gasteiger partial charge < -0.3 is 26.2 Å². The first kappa shape index (κ1) is 46.2. The van der Waals surface area contributed by atoms with Gasteiger partial charge in [0.15, 0.2) is 0 Å². The van der Waals surface area contributed by atoms with Crippen LogP contribution in [0.15, 0.2) is 12.2 Å². The fourth-order valence-electron chi connectivity index (χ4n) is 5.70. The average molecular weight is 691 g/mol. The second-order valence-electron chi connectivity index (χ2n) is 13.3. The van der Waals surface area contributed by atoms with E-state index in [1.54, 1.807) is 0 Å². The summed E-state index contributed by atoms with van der Waals surface area (Å²) in [6.45, 7) is 4.01. The molecule has 0 aromatic carbocycles. The van der Waals surface area contributed by atoms with Crippen LogP contribution in [0.5, 0.6) is 0 Å². The van der Waals surface area contributed by atoms with Crippen LogP contribution in [0.25, 0.3) is 0 Å². The molecule has 1 amide bonds. The molecule has 0 aliphatic rings. The molecule has 6 N–H and O–H groups in total. The van der Waals surface area contributed by atoms with E-state index in [-0.39, 0.29) is 26.2 Å². The number of rotatable bonds is 36. The van der Waals surface area contributed by atoms with Crippen LogP contribution in [0.2, 0.25) is 0 Å². The van der Waals surface area contributed by atoms with Crippen molar-refractivity contribution in [2.45, 2.75) is 199 Å². The first-order chi connectivity index (χ1) is 22.8. The summed E-state index contributed by atoms with van der Waals surface area (Å²) in [4.78, 5) is 22.7. The van der Waals surface area contributed by atoms with Gasteiger partial charge in [-0.3, -0.25) is 13.8 Å². The highest BCUT2D eigenvalue weighted by Gasteiger charge is 2.28. The number of aliphatic hydroxyl groups excluding tert-OH is 2. The topological polar surface area (TPSA) is 151 Å². The van der Waals surface area contributed by atoms with Crippen LogP contribution in [-0.4, -0.2) is 59.0 Å². The van der Waals surface area contributed by atoms with Gasteiger partial charge in [-0.2, -0.15) is 0 Å². The molecular weight excluding hydrogens is 615 g/mol. The number of nitrogens with two attached hydrogens (primary N) is 1. The van der Waals surface area contributed by atoms with Crippen molar-refractivity contribution in [1.29, 1.82) is 0 Å². The molecule has 0 fully saturated rings. The number of unbranched alkanes of at least 4 members (excludes halogenated alkanes) is 20. The fraction of sp³-hybridized carbons (Fsp3) is 0.919. The first-order valence-electron chi connectivity index (χ1n) is 19.4. The minimum Gasteiger partial charge on any atom is -0.393 e. The molecule has 0 heterocycles. The lowest BCUT2D eigenvalue weighted by atomic mass is 10.0. The minimum atomic E-state index is -4.37. The molecule has 0 aliphatic carbocycles. The third kappa shape index (κ3) is 32.2. The number of phosphoric ester groups is 1. The Morgan fingerprint density at radius 3 is 1.66 bits per heavy atom. The zero-order valence-corrected chi connectivity index (χ0v) is 31.3. The zero-order valence-electron chi connectivity index (χ0n) is 30.4. The number of hydrogen-bond acceptors (Lipinski definition) is 7. The molecule has 9 nitrogen and oxygen atoms in total. The van der Waals surface area contributed by atoms with Crippen molar-refractivity contribution in [3.05, 3.63) is 12.2 Å². The maximum Gasteiger partial charge on any atom is 0.472 e. The highest BCUT2D eigenvalue weighted by atomic mass is 31.2. The normalized spacial score (nSPS) is 15.1. The van der Waals surface area contributed by atoms with Crippen molar-refractivity contribution >= 4 is 13.7 Å². The van der Waals surface area contributed by atoms with Crippen molar-refractivity contribution < 1.29 is 33.5 Å². The van der Waals surface area contributed by atoms with E-state index in [9.17, 15) is 24.5 Å². The van der Waals surface area contributed by atoms with Crippen molar-refractivity contribution in [2.24, 2.45) is 5.73 Å². The highest BCUT2D eigenvalue weighted by molar-refractivity contribution is 7.47. The quantitative estimate of drug-likeness (QED) is 0.0248. The van der Waals surface area contributed by atoms with Gasteiger partial charge in [0.2, 0.25) is 5.91 Å². The van der Waals surface area contributed by atoms with Crippen molar-refractivity contribution in [2.75, 3.05) is 19.8 Å². The number of phosphoric acid groups is 1. The smallest absolute Gasteiger partial charge is 0.393 e. The van der Waals surface area contributed by atoms with Gasteiger partial charge in [-0.15, -0.1) is 0 Å². The summed E-state index contributed by atoms with van der Waals surface area (Å²) in [6.07, 6.45) is 31.1. The number of carbonyl (C=O) groups excluding carboxylic acids is 1. The van der Waals surface area contributed by atoms with E-state index < -0.39 is 32.0 Å².